The Morgan fingerprint density at radius 2 is 2.14 bits per heavy atom. The van der Waals surface area contributed by atoms with Crippen LogP contribution in [-0.4, -0.2) is 41.1 Å². The SMILES string of the molecule is CS(=O)(=O)c1ncc2c(n1)CCN(Cc1sc(Cl)nc1Cl)C2. The van der Waals surface area contributed by atoms with E-state index in [1.54, 1.807) is 6.20 Å². The van der Waals surface area contributed by atoms with Gasteiger partial charge in [-0.2, -0.15) is 0 Å². The Labute approximate surface area is 142 Å². The Morgan fingerprint density at radius 3 is 2.77 bits per heavy atom. The Hall–Kier alpha value is -0.800. The lowest BCUT2D eigenvalue weighted by atomic mass is 10.1. The first-order chi connectivity index (χ1) is 10.3. The minimum Gasteiger partial charge on any atom is -0.293 e. The van der Waals surface area contributed by atoms with Crippen molar-refractivity contribution in [2.45, 2.75) is 24.7 Å². The minimum atomic E-state index is -3.38. The van der Waals surface area contributed by atoms with Crippen LogP contribution in [0.1, 0.15) is 16.1 Å². The maximum absolute atomic E-state index is 11.5. The predicted octanol–water partition coefficient (Wildman–Crippen LogP) is 2.20. The van der Waals surface area contributed by atoms with E-state index in [0.717, 1.165) is 28.9 Å². The van der Waals surface area contributed by atoms with Crippen LogP contribution in [0.25, 0.3) is 0 Å². The monoisotopic (exact) mass is 378 g/mol. The maximum Gasteiger partial charge on any atom is 0.246 e. The largest absolute Gasteiger partial charge is 0.293 e. The first-order valence-electron chi connectivity index (χ1n) is 6.41. The van der Waals surface area contributed by atoms with Crippen molar-refractivity contribution in [3.63, 3.8) is 0 Å². The van der Waals surface area contributed by atoms with Gasteiger partial charge < -0.3 is 0 Å². The Kier molecular flexibility index (Phi) is 4.39. The lowest BCUT2D eigenvalue weighted by Gasteiger charge is -2.27. The molecule has 2 aromatic heterocycles. The number of rotatable bonds is 3. The zero-order chi connectivity index (χ0) is 15.9. The number of nitrogens with zero attached hydrogens (tertiary/aromatic N) is 4. The molecule has 1 aliphatic rings. The van der Waals surface area contributed by atoms with Gasteiger partial charge in [-0.1, -0.05) is 23.2 Å². The molecule has 3 heterocycles. The highest BCUT2D eigenvalue weighted by Gasteiger charge is 2.22. The van der Waals surface area contributed by atoms with Gasteiger partial charge in [-0.05, 0) is 0 Å². The number of hydrogen-bond donors (Lipinski definition) is 0. The molecule has 0 saturated heterocycles. The summed E-state index contributed by atoms with van der Waals surface area (Å²) in [6.07, 6.45) is 3.37. The summed E-state index contributed by atoms with van der Waals surface area (Å²) in [5.41, 5.74) is 1.73. The fourth-order valence-corrected chi connectivity index (χ4v) is 4.23. The molecule has 1 aliphatic heterocycles. The number of sulfone groups is 1. The van der Waals surface area contributed by atoms with E-state index in [1.165, 1.54) is 11.3 Å². The molecule has 0 bridgehead atoms. The average molecular weight is 379 g/mol. The summed E-state index contributed by atoms with van der Waals surface area (Å²) in [6.45, 7) is 2.06. The van der Waals surface area contributed by atoms with Crippen molar-refractivity contribution in [3.05, 3.63) is 32.0 Å². The second kappa shape index (κ2) is 6.01. The Morgan fingerprint density at radius 1 is 1.36 bits per heavy atom. The van der Waals surface area contributed by atoms with Crippen LogP contribution in [0.2, 0.25) is 9.62 Å². The smallest absolute Gasteiger partial charge is 0.246 e. The normalized spacial score (nSPS) is 15.8. The zero-order valence-corrected chi connectivity index (χ0v) is 14.7. The molecule has 2 aromatic rings. The third-order valence-electron chi connectivity index (χ3n) is 3.31. The number of hydrogen-bond acceptors (Lipinski definition) is 7. The van der Waals surface area contributed by atoms with Crippen LogP contribution < -0.4 is 0 Å². The minimum absolute atomic E-state index is 0.114. The highest BCUT2D eigenvalue weighted by atomic mass is 35.5. The van der Waals surface area contributed by atoms with Gasteiger partial charge in [0, 0.05) is 44.1 Å². The summed E-state index contributed by atoms with van der Waals surface area (Å²) in [4.78, 5) is 15.2. The fraction of sp³-hybridized carbons (Fsp3) is 0.417. The second-order valence-corrected chi connectivity index (χ2v) is 8.97. The van der Waals surface area contributed by atoms with Gasteiger partial charge in [0.05, 0.1) is 10.6 Å². The third kappa shape index (κ3) is 3.41. The Bertz CT molecular complexity index is 823. The summed E-state index contributed by atoms with van der Waals surface area (Å²) >= 11 is 13.2. The molecular formula is C12H12Cl2N4O2S2. The summed E-state index contributed by atoms with van der Waals surface area (Å²) in [7, 11) is -3.38. The molecule has 0 aliphatic carbocycles. The van der Waals surface area contributed by atoms with Gasteiger partial charge in [-0.25, -0.2) is 23.4 Å². The van der Waals surface area contributed by atoms with E-state index in [0.29, 0.717) is 29.1 Å². The standard InChI is InChI=1S/C12H12Cl2N4O2S2/c1-22(19,20)12-15-4-7-5-18(3-2-8(7)16-12)6-9-10(13)17-11(14)21-9/h4H,2-3,5-6H2,1H3. The van der Waals surface area contributed by atoms with Crippen LogP contribution in [0.4, 0.5) is 0 Å². The molecule has 0 unspecified atom stereocenters. The van der Waals surface area contributed by atoms with E-state index in [4.69, 9.17) is 23.2 Å². The van der Waals surface area contributed by atoms with Crippen molar-refractivity contribution in [2.24, 2.45) is 0 Å². The highest BCUT2D eigenvalue weighted by molar-refractivity contribution is 7.90. The van der Waals surface area contributed by atoms with Gasteiger partial charge in [0.2, 0.25) is 15.0 Å². The van der Waals surface area contributed by atoms with E-state index in [2.05, 4.69) is 19.9 Å². The van der Waals surface area contributed by atoms with Crippen molar-refractivity contribution >= 4 is 44.4 Å². The average Bonchev–Trinajstić information content (AvgIpc) is 2.75. The van der Waals surface area contributed by atoms with Crippen molar-refractivity contribution in [1.29, 1.82) is 0 Å². The summed E-state index contributed by atoms with van der Waals surface area (Å²) in [5, 5.41) is 0.321. The van der Waals surface area contributed by atoms with Gasteiger partial charge in [0.25, 0.3) is 0 Å². The Balaban J connectivity index is 1.78. The van der Waals surface area contributed by atoms with Crippen LogP contribution in [0.5, 0.6) is 0 Å². The highest BCUT2D eigenvalue weighted by Crippen LogP contribution is 2.29. The molecule has 0 atom stereocenters. The van der Waals surface area contributed by atoms with Crippen molar-refractivity contribution < 1.29 is 8.42 Å². The second-order valence-electron chi connectivity index (χ2n) is 5.04. The van der Waals surface area contributed by atoms with Crippen LogP contribution in [-0.2, 0) is 29.3 Å². The molecule has 0 spiro atoms. The van der Waals surface area contributed by atoms with E-state index in [9.17, 15) is 8.42 Å². The van der Waals surface area contributed by atoms with Crippen molar-refractivity contribution in [3.8, 4) is 0 Å². The van der Waals surface area contributed by atoms with Crippen LogP contribution in [0.3, 0.4) is 0 Å². The molecule has 0 N–H and O–H groups in total. The molecule has 0 radical (unpaired) electrons. The first kappa shape index (κ1) is 16.1. The molecule has 10 heteroatoms. The van der Waals surface area contributed by atoms with Gasteiger partial charge in [0.15, 0.2) is 4.47 Å². The van der Waals surface area contributed by atoms with Crippen LogP contribution in [0, 0.1) is 0 Å². The van der Waals surface area contributed by atoms with E-state index >= 15 is 0 Å². The van der Waals surface area contributed by atoms with E-state index in [-0.39, 0.29) is 5.16 Å². The number of thiazole rings is 1. The van der Waals surface area contributed by atoms with Gasteiger partial charge in [-0.15, -0.1) is 11.3 Å². The molecule has 118 valence electrons. The maximum atomic E-state index is 11.5. The number of halogens is 2. The molecule has 0 amide bonds. The molecule has 0 saturated carbocycles. The van der Waals surface area contributed by atoms with Crippen LogP contribution in [0.15, 0.2) is 11.4 Å². The molecular weight excluding hydrogens is 367 g/mol. The van der Waals surface area contributed by atoms with Crippen molar-refractivity contribution in [2.75, 3.05) is 12.8 Å². The van der Waals surface area contributed by atoms with Crippen LogP contribution >= 0.6 is 34.5 Å². The van der Waals surface area contributed by atoms with E-state index in [1.807, 2.05) is 0 Å². The topological polar surface area (TPSA) is 76.1 Å². The van der Waals surface area contributed by atoms with Gasteiger partial charge in [0.1, 0.15) is 5.15 Å². The number of aromatic nitrogens is 3. The summed E-state index contributed by atoms with van der Waals surface area (Å²) in [5.74, 6) is 0. The molecule has 3 rings (SSSR count). The van der Waals surface area contributed by atoms with Gasteiger partial charge in [-0.3, -0.25) is 4.90 Å². The number of fused-ring (bicyclic) bond motifs is 1. The zero-order valence-electron chi connectivity index (χ0n) is 11.6. The fourth-order valence-electron chi connectivity index (χ4n) is 2.28. The molecule has 0 aromatic carbocycles. The first-order valence-corrected chi connectivity index (χ1v) is 9.87. The molecule has 0 fully saturated rings. The predicted molar refractivity (Wildman–Crippen MR) is 85.1 cm³/mol. The lowest BCUT2D eigenvalue weighted by Crippen LogP contribution is -2.31. The third-order valence-corrected chi connectivity index (χ3v) is 5.74. The summed E-state index contributed by atoms with van der Waals surface area (Å²) < 4.78 is 23.4. The molecule has 6 nitrogen and oxygen atoms in total. The van der Waals surface area contributed by atoms with E-state index < -0.39 is 9.84 Å². The quantitative estimate of drug-likeness (QED) is 0.761. The lowest BCUT2D eigenvalue weighted by molar-refractivity contribution is 0.244. The summed E-state index contributed by atoms with van der Waals surface area (Å²) in [6, 6.07) is 0. The van der Waals surface area contributed by atoms with Crippen molar-refractivity contribution in [1.82, 2.24) is 19.9 Å². The van der Waals surface area contributed by atoms with Gasteiger partial charge >= 0.3 is 0 Å². The molecule has 22 heavy (non-hydrogen) atoms.